The van der Waals surface area contributed by atoms with Crippen molar-refractivity contribution in [2.24, 2.45) is 0 Å². The van der Waals surface area contributed by atoms with E-state index in [9.17, 15) is 9.59 Å². The Morgan fingerprint density at radius 2 is 2.16 bits per heavy atom. The van der Waals surface area contributed by atoms with Crippen LogP contribution in [-0.2, 0) is 15.9 Å². The molecule has 1 aliphatic heterocycles. The van der Waals surface area contributed by atoms with Crippen LogP contribution in [0.4, 0.5) is 5.69 Å². The smallest absolute Gasteiger partial charge is 0.337 e. The van der Waals surface area contributed by atoms with Gasteiger partial charge in [0.25, 0.3) is 5.91 Å². The Hall–Kier alpha value is -2.58. The molecule has 1 saturated heterocycles. The summed E-state index contributed by atoms with van der Waals surface area (Å²) in [5, 5.41) is 3.38. The minimum atomic E-state index is -0.369. The zero-order valence-corrected chi connectivity index (χ0v) is 18.9. The fraction of sp³-hybridized carbons (Fsp3) is 0.500. The maximum atomic E-state index is 12.7. The number of H-pyrrole nitrogens is 1. The molecule has 0 bridgehead atoms. The van der Waals surface area contributed by atoms with Gasteiger partial charge in [0.1, 0.15) is 0 Å². The lowest BCUT2D eigenvalue weighted by Gasteiger charge is -2.39. The number of imidazole rings is 1. The third kappa shape index (κ3) is 5.57. The van der Waals surface area contributed by atoms with Crippen molar-refractivity contribution in [2.75, 3.05) is 31.7 Å². The summed E-state index contributed by atoms with van der Waals surface area (Å²) in [6.45, 7) is 5.89. The highest BCUT2D eigenvalue weighted by atomic mass is 35.5. The molecule has 9 heteroatoms. The largest absolute Gasteiger partial charge is 0.465 e. The number of hydrogen-bond donors (Lipinski definition) is 2. The van der Waals surface area contributed by atoms with E-state index in [4.69, 9.17) is 21.1 Å². The van der Waals surface area contributed by atoms with E-state index in [1.807, 2.05) is 32.0 Å². The van der Waals surface area contributed by atoms with Crippen molar-refractivity contribution >= 4 is 29.2 Å². The van der Waals surface area contributed by atoms with Gasteiger partial charge in [-0.2, -0.15) is 0 Å². The summed E-state index contributed by atoms with van der Waals surface area (Å²) in [7, 11) is 1.37. The first kappa shape index (κ1) is 23.1. The van der Waals surface area contributed by atoms with E-state index in [-0.39, 0.29) is 29.8 Å². The highest BCUT2D eigenvalue weighted by Gasteiger charge is 2.32. The van der Waals surface area contributed by atoms with Gasteiger partial charge >= 0.3 is 5.97 Å². The quantitative estimate of drug-likeness (QED) is 0.602. The molecule has 2 unspecified atom stereocenters. The van der Waals surface area contributed by atoms with Crippen molar-refractivity contribution in [3.05, 3.63) is 46.5 Å². The predicted molar refractivity (Wildman–Crippen MR) is 119 cm³/mol. The van der Waals surface area contributed by atoms with Gasteiger partial charge in [-0.25, -0.2) is 9.78 Å². The zero-order chi connectivity index (χ0) is 22.4. The maximum Gasteiger partial charge on any atom is 0.337 e. The lowest BCUT2D eigenvalue weighted by atomic mass is 10.00. The van der Waals surface area contributed by atoms with Crippen LogP contribution >= 0.6 is 11.6 Å². The number of aromatic nitrogens is 2. The molecule has 1 aromatic heterocycles. The molecule has 1 aliphatic rings. The minimum absolute atomic E-state index is 0.159. The maximum absolute atomic E-state index is 12.7. The Morgan fingerprint density at radius 1 is 1.35 bits per heavy atom. The van der Waals surface area contributed by atoms with Crippen molar-refractivity contribution in [1.29, 1.82) is 0 Å². The Morgan fingerprint density at radius 3 is 2.84 bits per heavy atom. The molecule has 0 radical (unpaired) electrons. The number of hydrogen-bond acceptors (Lipinski definition) is 6. The van der Waals surface area contributed by atoms with Crippen molar-refractivity contribution in [3.8, 4) is 0 Å². The van der Waals surface area contributed by atoms with E-state index in [2.05, 4.69) is 20.2 Å². The summed E-state index contributed by atoms with van der Waals surface area (Å²) in [5.41, 5.74) is 2.16. The molecule has 0 spiro atoms. The second kappa shape index (κ2) is 10.6. The fourth-order valence-electron chi connectivity index (χ4n) is 3.67. The fourth-order valence-corrected chi connectivity index (χ4v) is 3.93. The summed E-state index contributed by atoms with van der Waals surface area (Å²) in [6.07, 6.45) is 2.04. The van der Waals surface area contributed by atoms with Crippen LogP contribution in [0.15, 0.2) is 24.3 Å². The number of aromatic amines is 1. The molecule has 2 heterocycles. The first-order chi connectivity index (χ1) is 15.0. The van der Waals surface area contributed by atoms with Crippen LogP contribution in [0.25, 0.3) is 0 Å². The van der Waals surface area contributed by atoms with Gasteiger partial charge in [-0.15, -0.1) is 0 Å². The topological polar surface area (TPSA) is 96.6 Å². The third-order valence-electron chi connectivity index (χ3n) is 5.34. The summed E-state index contributed by atoms with van der Waals surface area (Å²) in [5.74, 6) is -0.450. The summed E-state index contributed by atoms with van der Waals surface area (Å²) < 4.78 is 10.9. The van der Waals surface area contributed by atoms with Crippen molar-refractivity contribution in [1.82, 2.24) is 15.3 Å². The second-order valence-corrected chi connectivity index (χ2v) is 7.83. The monoisotopic (exact) mass is 448 g/mol. The Labute approximate surface area is 187 Å². The molecule has 1 amide bonds. The second-order valence-electron chi connectivity index (χ2n) is 7.47. The van der Waals surface area contributed by atoms with Gasteiger partial charge in [0.15, 0.2) is 11.0 Å². The molecule has 31 heavy (non-hydrogen) atoms. The lowest BCUT2D eigenvalue weighted by Crippen LogP contribution is -2.55. The number of benzene rings is 1. The Balaban J connectivity index is 1.72. The summed E-state index contributed by atoms with van der Waals surface area (Å²) in [6, 6.07) is 7.18. The highest BCUT2D eigenvalue weighted by molar-refractivity contribution is 6.30. The van der Waals surface area contributed by atoms with Crippen molar-refractivity contribution < 1.29 is 19.1 Å². The van der Waals surface area contributed by atoms with Crippen LogP contribution in [0.5, 0.6) is 0 Å². The molecule has 1 aromatic carbocycles. The number of nitrogens with one attached hydrogen (secondary N) is 2. The number of amides is 1. The van der Waals surface area contributed by atoms with Crippen LogP contribution in [-0.4, -0.2) is 60.8 Å². The van der Waals surface area contributed by atoms with E-state index in [1.54, 1.807) is 6.07 Å². The van der Waals surface area contributed by atoms with Crippen LogP contribution in [0.3, 0.4) is 0 Å². The van der Waals surface area contributed by atoms with Crippen LogP contribution in [0.1, 0.15) is 53.4 Å². The van der Waals surface area contributed by atoms with Gasteiger partial charge < -0.3 is 24.7 Å². The number of nitrogens with zero attached hydrogens (tertiary/aromatic N) is 2. The number of esters is 1. The molecule has 8 nitrogen and oxygen atoms in total. The van der Waals surface area contributed by atoms with Gasteiger partial charge in [-0.3, -0.25) is 4.79 Å². The zero-order valence-electron chi connectivity index (χ0n) is 18.1. The molecule has 1 fully saturated rings. The normalized spacial score (nSPS) is 18.6. The molecular weight excluding hydrogens is 420 g/mol. The molecule has 0 aliphatic carbocycles. The van der Waals surface area contributed by atoms with Gasteiger partial charge in [0.05, 0.1) is 30.5 Å². The van der Waals surface area contributed by atoms with Gasteiger partial charge in [0.2, 0.25) is 0 Å². The average Bonchev–Trinajstić information content (AvgIpc) is 3.18. The Kier molecular flexibility index (Phi) is 7.92. The van der Waals surface area contributed by atoms with Crippen molar-refractivity contribution in [2.45, 2.75) is 45.3 Å². The van der Waals surface area contributed by atoms with Gasteiger partial charge in [-0.05, 0) is 37.5 Å². The molecule has 2 atom stereocenters. The van der Waals surface area contributed by atoms with Crippen LogP contribution in [0, 0.1) is 0 Å². The lowest BCUT2D eigenvalue weighted by molar-refractivity contribution is 0.0204. The number of rotatable bonds is 8. The average molecular weight is 449 g/mol. The standard InChI is InChI=1S/C22H29ClN4O4/c1-4-11-31-18-13-27(15-8-6-7-14(12-15)22(29)30-3)10-9-17(18)25-21(28)20-24-16(5-2)19(23)26-20/h6-8,12,17-18H,4-5,9-11,13H2,1-3H3,(H,24,26)(H,25,28). The SMILES string of the molecule is CCCOC1CN(c2cccc(C(=O)OC)c2)CCC1NC(=O)c1nc(Cl)c(CC)[nH]1. The number of carbonyl (C=O) groups excluding carboxylic acids is 2. The van der Waals surface area contributed by atoms with Crippen LogP contribution in [0.2, 0.25) is 5.15 Å². The number of carbonyl (C=O) groups is 2. The molecule has 2 N–H and O–H groups in total. The number of ether oxygens (including phenoxy) is 2. The van der Waals surface area contributed by atoms with E-state index < -0.39 is 0 Å². The molecule has 168 valence electrons. The molecule has 3 rings (SSSR count). The number of halogens is 1. The molecule has 0 saturated carbocycles. The van der Waals surface area contributed by atoms with Crippen molar-refractivity contribution in [3.63, 3.8) is 0 Å². The van der Waals surface area contributed by atoms with Crippen LogP contribution < -0.4 is 10.2 Å². The van der Waals surface area contributed by atoms with E-state index in [0.717, 1.165) is 17.8 Å². The summed E-state index contributed by atoms with van der Waals surface area (Å²) >= 11 is 6.07. The third-order valence-corrected chi connectivity index (χ3v) is 5.65. The van der Waals surface area contributed by atoms with E-state index >= 15 is 0 Å². The predicted octanol–water partition coefficient (Wildman–Crippen LogP) is 3.22. The number of methoxy groups -OCH3 is 1. The van der Waals surface area contributed by atoms with E-state index in [0.29, 0.717) is 43.3 Å². The first-order valence-corrected chi connectivity index (χ1v) is 10.9. The highest BCUT2D eigenvalue weighted by Crippen LogP contribution is 2.24. The molecule has 2 aromatic rings. The Bertz CT molecular complexity index is 917. The van der Waals surface area contributed by atoms with Gasteiger partial charge in [0, 0.05) is 25.4 Å². The summed E-state index contributed by atoms with van der Waals surface area (Å²) in [4.78, 5) is 33.9. The minimum Gasteiger partial charge on any atom is -0.465 e. The first-order valence-electron chi connectivity index (χ1n) is 10.6. The number of aryl methyl sites for hydroxylation is 1. The number of piperidine rings is 1. The van der Waals surface area contributed by atoms with E-state index in [1.165, 1.54) is 7.11 Å². The molecular formula is C22H29ClN4O4. The van der Waals surface area contributed by atoms with Gasteiger partial charge in [-0.1, -0.05) is 31.5 Å². The number of anilines is 1.